The van der Waals surface area contributed by atoms with Crippen LogP contribution in [0.3, 0.4) is 0 Å². The summed E-state index contributed by atoms with van der Waals surface area (Å²) in [6, 6.07) is 24.5. The summed E-state index contributed by atoms with van der Waals surface area (Å²) in [5, 5.41) is 14.3. The van der Waals surface area contributed by atoms with Gasteiger partial charge < -0.3 is 21.5 Å². The molecule has 0 aliphatic rings. The largest absolute Gasteiger partial charge is 0.481 e. The van der Waals surface area contributed by atoms with E-state index >= 15 is 0 Å². The first kappa shape index (κ1) is 30.1. The van der Waals surface area contributed by atoms with Gasteiger partial charge in [0.25, 0.3) is 0 Å². The predicted molar refractivity (Wildman–Crippen MR) is 155 cm³/mol. The van der Waals surface area contributed by atoms with Crippen LogP contribution in [-0.2, 0) is 25.6 Å². The summed E-state index contributed by atoms with van der Waals surface area (Å²) in [6.45, 7) is 3.78. The number of carboxylic acids is 1. The van der Waals surface area contributed by atoms with Gasteiger partial charge >= 0.3 is 5.97 Å². The van der Waals surface area contributed by atoms with Gasteiger partial charge in [0, 0.05) is 12.8 Å². The number of rotatable bonds is 14. The third kappa shape index (κ3) is 9.38. The van der Waals surface area contributed by atoms with Gasteiger partial charge in [-0.1, -0.05) is 92.7 Å². The predicted octanol–water partition coefficient (Wildman–Crippen LogP) is 4.32. The van der Waals surface area contributed by atoms with Gasteiger partial charge in [-0.15, -0.1) is 0 Å². The summed E-state index contributed by atoms with van der Waals surface area (Å²) in [7, 11) is 0. The normalized spacial score (nSPS) is 12.4. The first-order valence-electron chi connectivity index (χ1n) is 13.5. The van der Waals surface area contributed by atoms with Crippen LogP contribution in [-0.4, -0.2) is 40.9 Å². The molecular formula is C32H37N3O5. The maximum atomic E-state index is 12.8. The molecule has 8 nitrogen and oxygen atoms in total. The lowest BCUT2D eigenvalue weighted by Crippen LogP contribution is -2.53. The summed E-state index contributed by atoms with van der Waals surface area (Å²) in [5.74, 6) is -2.67. The Kier molecular flexibility index (Phi) is 11.0. The van der Waals surface area contributed by atoms with E-state index in [1.165, 1.54) is 0 Å². The van der Waals surface area contributed by atoms with E-state index in [-0.39, 0.29) is 31.1 Å². The van der Waals surface area contributed by atoms with Crippen molar-refractivity contribution in [2.45, 2.75) is 58.0 Å². The molecule has 5 N–H and O–H groups in total. The van der Waals surface area contributed by atoms with Crippen molar-refractivity contribution in [2.75, 3.05) is 0 Å². The first-order chi connectivity index (χ1) is 19.1. The highest BCUT2D eigenvalue weighted by molar-refractivity contribution is 5.92. The summed E-state index contributed by atoms with van der Waals surface area (Å²) in [5.41, 5.74) is 10.8. The molecule has 0 fully saturated rings. The third-order valence-electron chi connectivity index (χ3n) is 6.59. The molecule has 8 heteroatoms. The number of carbonyl (C=O) groups excluding carboxylic acids is 3. The molecule has 3 rings (SSSR count). The lowest BCUT2D eigenvalue weighted by atomic mass is 9.99. The Morgan fingerprint density at radius 1 is 0.725 bits per heavy atom. The van der Waals surface area contributed by atoms with Gasteiger partial charge in [0.05, 0.1) is 0 Å². The number of nitrogens with two attached hydrogens (primary N) is 1. The second-order valence-corrected chi connectivity index (χ2v) is 10.3. The molecule has 1 unspecified atom stereocenters. The van der Waals surface area contributed by atoms with Crippen LogP contribution in [0.5, 0.6) is 0 Å². The monoisotopic (exact) mass is 543 g/mol. The van der Waals surface area contributed by atoms with Crippen molar-refractivity contribution in [1.82, 2.24) is 10.6 Å². The van der Waals surface area contributed by atoms with E-state index in [4.69, 9.17) is 10.8 Å². The second kappa shape index (κ2) is 14.6. The van der Waals surface area contributed by atoms with Crippen molar-refractivity contribution in [3.63, 3.8) is 0 Å². The highest BCUT2D eigenvalue weighted by atomic mass is 16.4. The van der Waals surface area contributed by atoms with E-state index < -0.39 is 29.9 Å². The smallest absolute Gasteiger partial charge is 0.303 e. The maximum Gasteiger partial charge on any atom is 0.303 e. The number of amides is 3. The number of hydrogen-bond acceptors (Lipinski definition) is 4. The van der Waals surface area contributed by atoms with Gasteiger partial charge in [-0.25, -0.2) is 0 Å². The standard InChI is InChI=1S/C32H37N3O5/c1-21(2)20-28(31(33)39)35-32(40)27(17-19-30(37)38)34-29(36)18-10-22-8-11-24(12-9-22)26-15-13-25(14-16-26)23-6-4-3-5-7-23/h3-9,11-16,21,27-28H,10,17-20H2,1-2H3,(H2,33,39)(H,34,36)(H,35,40)(H,37,38)/t27?,28-/m0/s1. The number of primary amides is 1. The minimum atomic E-state index is -1.09. The highest BCUT2D eigenvalue weighted by Gasteiger charge is 2.26. The van der Waals surface area contributed by atoms with E-state index in [1.54, 1.807) is 0 Å². The fourth-order valence-corrected chi connectivity index (χ4v) is 4.40. The van der Waals surface area contributed by atoms with Gasteiger partial charge in [-0.05, 0) is 53.0 Å². The number of benzene rings is 3. The fourth-order valence-electron chi connectivity index (χ4n) is 4.40. The molecule has 3 aromatic carbocycles. The van der Waals surface area contributed by atoms with Gasteiger partial charge in [-0.2, -0.15) is 0 Å². The average molecular weight is 544 g/mol. The van der Waals surface area contributed by atoms with Crippen molar-refractivity contribution in [2.24, 2.45) is 11.7 Å². The molecule has 2 atom stereocenters. The molecule has 0 saturated heterocycles. The van der Waals surface area contributed by atoms with Gasteiger partial charge in [0.2, 0.25) is 17.7 Å². The van der Waals surface area contributed by atoms with E-state index in [0.717, 1.165) is 27.8 Å². The fraction of sp³-hybridized carbons (Fsp3) is 0.312. The topological polar surface area (TPSA) is 139 Å². The Hall–Kier alpha value is -4.46. The van der Waals surface area contributed by atoms with Gasteiger partial charge in [0.15, 0.2) is 0 Å². The van der Waals surface area contributed by atoms with Crippen molar-refractivity contribution in [1.29, 1.82) is 0 Å². The molecule has 0 spiro atoms. The number of carboxylic acid groups (broad SMARTS) is 1. The molecule has 0 heterocycles. The van der Waals surface area contributed by atoms with Gasteiger partial charge in [0.1, 0.15) is 12.1 Å². The minimum Gasteiger partial charge on any atom is -0.481 e. The maximum absolute atomic E-state index is 12.8. The number of aliphatic carboxylic acids is 1. The molecule has 3 aromatic rings. The van der Waals surface area contributed by atoms with Gasteiger partial charge in [-0.3, -0.25) is 19.2 Å². The van der Waals surface area contributed by atoms with Crippen molar-refractivity contribution < 1.29 is 24.3 Å². The summed E-state index contributed by atoms with van der Waals surface area (Å²) in [4.78, 5) is 48.3. The highest BCUT2D eigenvalue weighted by Crippen LogP contribution is 2.25. The molecule has 40 heavy (non-hydrogen) atoms. The van der Waals surface area contributed by atoms with Crippen LogP contribution in [0.15, 0.2) is 78.9 Å². The van der Waals surface area contributed by atoms with E-state index in [0.29, 0.717) is 12.8 Å². The van der Waals surface area contributed by atoms with Crippen LogP contribution < -0.4 is 16.4 Å². The Morgan fingerprint density at radius 2 is 1.25 bits per heavy atom. The zero-order chi connectivity index (χ0) is 29.1. The average Bonchev–Trinajstić information content (AvgIpc) is 2.94. The van der Waals surface area contributed by atoms with Crippen LogP contribution >= 0.6 is 0 Å². The Morgan fingerprint density at radius 3 is 1.75 bits per heavy atom. The summed E-state index contributed by atoms with van der Waals surface area (Å²) in [6.07, 6.45) is 0.500. The number of aryl methyl sites for hydroxylation is 1. The van der Waals surface area contributed by atoms with E-state index in [9.17, 15) is 19.2 Å². The molecular weight excluding hydrogens is 506 g/mol. The Labute approximate surface area is 235 Å². The molecule has 0 radical (unpaired) electrons. The second-order valence-electron chi connectivity index (χ2n) is 10.3. The molecule has 3 amide bonds. The summed E-state index contributed by atoms with van der Waals surface area (Å²) < 4.78 is 0. The van der Waals surface area contributed by atoms with Crippen molar-refractivity contribution in [3.8, 4) is 22.3 Å². The molecule has 0 bridgehead atoms. The number of carbonyl (C=O) groups is 4. The SMILES string of the molecule is CC(C)C[C@H](NC(=O)C(CCC(=O)O)NC(=O)CCc1ccc(-c2ccc(-c3ccccc3)cc2)cc1)C(N)=O. The van der Waals surface area contributed by atoms with Crippen LogP contribution in [0.25, 0.3) is 22.3 Å². The summed E-state index contributed by atoms with van der Waals surface area (Å²) >= 11 is 0. The van der Waals surface area contributed by atoms with E-state index in [1.807, 2.05) is 56.3 Å². The van der Waals surface area contributed by atoms with Crippen LogP contribution in [0, 0.1) is 5.92 Å². The zero-order valence-corrected chi connectivity index (χ0v) is 22.9. The molecule has 0 aliphatic carbocycles. The van der Waals surface area contributed by atoms with Crippen molar-refractivity contribution in [3.05, 3.63) is 84.4 Å². The zero-order valence-electron chi connectivity index (χ0n) is 22.9. The van der Waals surface area contributed by atoms with Crippen molar-refractivity contribution >= 4 is 23.7 Å². The van der Waals surface area contributed by atoms with Crippen LogP contribution in [0.1, 0.15) is 45.1 Å². The minimum absolute atomic E-state index is 0.0994. The molecule has 0 saturated carbocycles. The Balaban J connectivity index is 1.57. The molecule has 0 aliphatic heterocycles. The van der Waals surface area contributed by atoms with E-state index in [2.05, 4.69) is 47.0 Å². The lowest BCUT2D eigenvalue weighted by molar-refractivity contribution is -0.138. The third-order valence-corrected chi connectivity index (χ3v) is 6.59. The number of hydrogen-bond donors (Lipinski definition) is 4. The van der Waals surface area contributed by atoms with Crippen LogP contribution in [0.2, 0.25) is 0 Å². The molecule has 0 aromatic heterocycles. The first-order valence-corrected chi connectivity index (χ1v) is 13.5. The quantitative estimate of drug-likeness (QED) is 0.240. The number of nitrogens with one attached hydrogen (secondary N) is 2. The Bertz CT molecular complexity index is 1290. The lowest BCUT2D eigenvalue weighted by Gasteiger charge is -2.22. The molecule has 210 valence electrons. The van der Waals surface area contributed by atoms with Crippen LogP contribution in [0.4, 0.5) is 0 Å².